The molecular formula is C35H34O4S. The number of carbonyl (C=O) groups is 2. The maximum absolute atomic E-state index is 13.8. The predicted octanol–water partition coefficient (Wildman–Crippen LogP) is 8.65. The molecular weight excluding hydrogens is 516 g/mol. The Bertz CT molecular complexity index is 1580. The second-order valence-electron chi connectivity index (χ2n) is 12.3. The molecule has 4 fully saturated rings. The van der Waals surface area contributed by atoms with Crippen LogP contribution in [0.1, 0.15) is 82.9 Å². The van der Waals surface area contributed by atoms with Gasteiger partial charge in [0.1, 0.15) is 6.61 Å². The summed E-state index contributed by atoms with van der Waals surface area (Å²) in [6.07, 6.45) is 8.29. The van der Waals surface area contributed by atoms with Gasteiger partial charge in [-0.15, -0.1) is 11.3 Å². The Morgan fingerprint density at radius 2 is 1.65 bits per heavy atom. The number of ether oxygens (including phenoxy) is 1. The molecule has 1 N–H and O–H groups in total. The van der Waals surface area contributed by atoms with Gasteiger partial charge in [0.2, 0.25) is 0 Å². The molecule has 0 atom stereocenters. The van der Waals surface area contributed by atoms with Crippen LogP contribution in [0.3, 0.4) is 0 Å². The molecule has 8 rings (SSSR count). The van der Waals surface area contributed by atoms with E-state index in [1.807, 2.05) is 30.3 Å². The molecule has 0 unspecified atom stereocenters. The molecule has 4 nitrogen and oxygen atoms in total. The van der Waals surface area contributed by atoms with E-state index < -0.39 is 5.97 Å². The Morgan fingerprint density at radius 3 is 2.27 bits per heavy atom. The van der Waals surface area contributed by atoms with Gasteiger partial charge in [0.05, 0.1) is 11.1 Å². The first kappa shape index (κ1) is 25.5. The van der Waals surface area contributed by atoms with E-state index in [-0.39, 0.29) is 18.0 Å². The molecule has 0 saturated heterocycles. The zero-order valence-corrected chi connectivity index (χ0v) is 23.6. The highest BCUT2D eigenvalue weighted by Gasteiger charge is 2.52. The number of hydrogen-bond acceptors (Lipinski definition) is 4. The molecule has 1 heterocycles. The van der Waals surface area contributed by atoms with Gasteiger partial charge in [-0.05, 0) is 114 Å². The third-order valence-corrected chi connectivity index (χ3v) is 10.7. The van der Waals surface area contributed by atoms with Crippen molar-refractivity contribution in [2.75, 3.05) is 0 Å². The van der Waals surface area contributed by atoms with Crippen LogP contribution in [0.2, 0.25) is 0 Å². The second-order valence-corrected chi connectivity index (χ2v) is 13.2. The molecule has 0 amide bonds. The SMILES string of the molecule is CCc1ccc2cc(C(=O)OCc3ccccc3)c(C34CC5CC(CC(C5)C3)C4)cc2c1-c1cc(C(=O)O)cs1. The number of thiophene rings is 1. The van der Waals surface area contributed by atoms with Crippen LogP contribution in [0.15, 0.2) is 66.0 Å². The van der Waals surface area contributed by atoms with Gasteiger partial charge in [-0.1, -0.05) is 49.4 Å². The molecule has 1 aromatic heterocycles. The largest absolute Gasteiger partial charge is 0.478 e. The molecule has 204 valence electrons. The number of aryl methyl sites for hydroxylation is 1. The average Bonchev–Trinajstić information content (AvgIpc) is 3.45. The standard InChI is InChI=1S/C35H34O4S/c1-2-25-8-9-26-13-29(34(38)39-19-21-6-4-3-5-7-21)30(35-16-22-10-23(17-35)12-24(11-22)18-35)15-28(26)32(25)31-14-27(20-40-31)33(36)37/h3-9,13-15,20,22-24H,2,10-12,16-19H2,1H3,(H,36,37). The molecule has 4 bridgehead atoms. The van der Waals surface area contributed by atoms with Gasteiger partial charge in [-0.3, -0.25) is 0 Å². The highest BCUT2D eigenvalue weighted by atomic mass is 32.1. The summed E-state index contributed by atoms with van der Waals surface area (Å²) in [7, 11) is 0. The van der Waals surface area contributed by atoms with Gasteiger partial charge in [0, 0.05) is 15.8 Å². The third-order valence-electron chi connectivity index (χ3n) is 9.76. The van der Waals surface area contributed by atoms with Crippen molar-refractivity contribution in [2.24, 2.45) is 17.8 Å². The summed E-state index contributed by atoms with van der Waals surface area (Å²) >= 11 is 1.48. The smallest absolute Gasteiger partial charge is 0.338 e. The van der Waals surface area contributed by atoms with Gasteiger partial charge >= 0.3 is 11.9 Å². The summed E-state index contributed by atoms with van der Waals surface area (Å²) in [4.78, 5) is 26.5. The first-order chi connectivity index (χ1) is 19.4. The molecule has 4 aromatic rings. The molecule has 4 aliphatic rings. The minimum Gasteiger partial charge on any atom is -0.478 e. The van der Waals surface area contributed by atoms with Crippen molar-refractivity contribution in [2.45, 2.75) is 63.9 Å². The molecule has 40 heavy (non-hydrogen) atoms. The van der Waals surface area contributed by atoms with E-state index in [1.165, 1.54) is 36.2 Å². The van der Waals surface area contributed by atoms with Gasteiger partial charge in [0.25, 0.3) is 0 Å². The number of esters is 1. The van der Waals surface area contributed by atoms with Crippen molar-refractivity contribution in [1.82, 2.24) is 0 Å². The lowest BCUT2D eigenvalue weighted by atomic mass is 9.47. The van der Waals surface area contributed by atoms with E-state index in [0.717, 1.165) is 75.8 Å². The van der Waals surface area contributed by atoms with Crippen molar-refractivity contribution in [3.63, 3.8) is 0 Å². The lowest BCUT2D eigenvalue weighted by molar-refractivity contribution is -0.00608. The van der Waals surface area contributed by atoms with E-state index in [9.17, 15) is 14.7 Å². The minimum atomic E-state index is -0.904. The highest BCUT2D eigenvalue weighted by Crippen LogP contribution is 2.61. The Labute approximate surface area is 239 Å². The fraction of sp³-hybridized carbons (Fsp3) is 0.371. The maximum atomic E-state index is 13.8. The first-order valence-corrected chi connectivity index (χ1v) is 15.4. The van der Waals surface area contributed by atoms with Crippen LogP contribution in [0.5, 0.6) is 0 Å². The number of hydrogen-bond donors (Lipinski definition) is 1. The average molecular weight is 551 g/mol. The third kappa shape index (κ3) is 4.35. The number of benzene rings is 3. The monoisotopic (exact) mass is 550 g/mol. The lowest BCUT2D eigenvalue weighted by Gasteiger charge is -2.57. The summed E-state index contributed by atoms with van der Waals surface area (Å²) in [6.45, 7) is 2.40. The van der Waals surface area contributed by atoms with Crippen molar-refractivity contribution in [3.05, 3.63) is 93.9 Å². The fourth-order valence-electron chi connectivity index (χ4n) is 8.43. The summed E-state index contributed by atoms with van der Waals surface area (Å²) in [6, 6.07) is 20.3. The van der Waals surface area contributed by atoms with Crippen LogP contribution in [-0.2, 0) is 23.2 Å². The summed E-state index contributed by atoms with van der Waals surface area (Å²) in [5.74, 6) is 1.08. The first-order valence-electron chi connectivity index (χ1n) is 14.6. The summed E-state index contributed by atoms with van der Waals surface area (Å²) in [5.41, 5.74) is 5.47. The number of carboxylic acids is 1. The number of aromatic carboxylic acids is 1. The van der Waals surface area contributed by atoms with Gasteiger partial charge in [-0.25, -0.2) is 9.59 Å². The molecule has 3 aromatic carbocycles. The van der Waals surface area contributed by atoms with Crippen LogP contribution in [-0.4, -0.2) is 17.0 Å². The van der Waals surface area contributed by atoms with E-state index >= 15 is 0 Å². The predicted molar refractivity (Wildman–Crippen MR) is 159 cm³/mol. The van der Waals surface area contributed by atoms with Crippen LogP contribution in [0.25, 0.3) is 21.2 Å². The zero-order chi connectivity index (χ0) is 27.4. The topological polar surface area (TPSA) is 63.6 Å². The summed E-state index contributed by atoms with van der Waals surface area (Å²) < 4.78 is 5.95. The van der Waals surface area contributed by atoms with E-state index in [2.05, 4.69) is 31.2 Å². The van der Waals surface area contributed by atoms with Crippen LogP contribution >= 0.6 is 11.3 Å². The number of fused-ring (bicyclic) bond motifs is 1. The Morgan fingerprint density at radius 1 is 0.950 bits per heavy atom. The Balaban J connectivity index is 1.40. The zero-order valence-electron chi connectivity index (χ0n) is 22.8. The van der Waals surface area contributed by atoms with Gasteiger partial charge < -0.3 is 9.84 Å². The van der Waals surface area contributed by atoms with Crippen molar-refractivity contribution < 1.29 is 19.4 Å². The Kier molecular flexibility index (Phi) is 6.31. The van der Waals surface area contributed by atoms with Crippen LogP contribution in [0.4, 0.5) is 0 Å². The quantitative estimate of drug-likeness (QED) is 0.234. The molecule has 5 heteroatoms. The molecule has 0 radical (unpaired) electrons. The highest BCUT2D eigenvalue weighted by molar-refractivity contribution is 7.14. The normalized spacial score (nSPS) is 24.9. The lowest BCUT2D eigenvalue weighted by Crippen LogP contribution is -2.49. The van der Waals surface area contributed by atoms with Crippen molar-refractivity contribution in [1.29, 1.82) is 0 Å². The van der Waals surface area contributed by atoms with Gasteiger partial charge in [0.15, 0.2) is 0 Å². The number of rotatable bonds is 7. The van der Waals surface area contributed by atoms with Crippen LogP contribution < -0.4 is 0 Å². The summed E-state index contributed by atoms with van der Waals surface area (Å²) in [5, 5.41) is 13.5. The maximum Gasteiger partial charge on any atom is 0.338 e. The fourth-order valence-corrected chi connectivity index (χ4v) is 9.41. The molecule has 0 spiro atoms. The van der Waals surface area contributed by atoms with Crippen LogP contribution in [0, 0.1) is 17.8 Å². The van der Waals surface area contributed by atoms with E-state index in [4.69, 9.17) is 4.74 Å². The Hall–Kier alpha value is -3.44. The van der Waals surface area contributed by atoms with Crippen molar-refractivity contribution >= 4 is 34.0 Å². The molecule has 4 saturated carbocycles. The number of carboxylic acid groups (broad SMARTS) is 1. The van der Waals surface area contributed by atoms with Gasteiger partial charge in [-0.2, -0.15) is 0 Å². The second kappa shape index (κ2) is 9.88. The molecule has 0 aliphatic heterocycles. The van der Waals surface area contributed by atoms with E-state index in [0.29, 0.717) is 11.1 Å². The van der Waals surface area contributed by atoms with E-state index in [1.54, 1.807) is 11.4 Å². The van der Waals surface area contributed by atoms with Crippen molar-refractivity contribution in [3.8, 4) is 10.4 Å². The number of carbonyl (C=O) groups excluding carboxylic acids is 1. The molecule has 4 aliphatic carbocycles. The minimum absolute atomic E-state index is 0.00516.